The molecule has 2 aromatic heterocycles. The Morgan fingerprint density at radius 2 is 1.84 bits per heavy atom. The van der Waals surface area contributed by atoms with Crippen molar-refractivity contribution in [3.63, 3.8) is 0 Å². The number of benzene rings is 2. The minimum Gasteiger partial charge on any atom is -0.467 e. The lowest BCUT2D eigenvalue weighted by molar-refractivity contribution is -0.130. The van der Waals surface area contributed by atoms with Gasteiger partial charge < -0.3 is 14.3 Å². The molecular formula is C28H27N5O3S. The van der Waals surface area contributed by atoms with Crippen molar-refractivity contribution in [1.29, 1.82) is 0 Å². The van der Waals surface area contributed by atoms with E-state index < -0.39 is 0 Å². The van der Waals surface area contributed by atoms with Gasteiger partial charge in [-0.3, -0.25) is 9.59 Å². The Labute approximate surface area is 219 Å². The number of aromatic nitrogens is 1. The molecule has 1 N–H and O–H groups in total. The number of thioether (sulfide) groups is 1. The standard InChI is InChI=1S/C28H27N5O3S/c1-19-23(16-25-27(35)33(31(2)3)28(37-25)30-20-10-5-4-6-11-20)22-13-7-8-14-24(22)32(19)18-26(34)29-17-21-12-9-15-36-21/h4-16H,17-18H2,1-3H3,(H,29,34). The number of furan rings is 1. The molecule has 1 saturated heterocycles. The number of carbonyl (C=O) groups excluding carboxylic acids is 2. The lowest BCUT2D eigenvalue weighted by Gasteiger charge is -2.22. The molecule has 0 spiro atoms. The lowest BCUT2D eigenvalue weighted by Crippen LogP contribution is -2.40. The van der Waals surface area contributed by atoms with Crippen molar-refractivity contribution in [2.45, 2.75) is 20.0 Å². The summed E-state index contributed by atoms with van der Waals surface area (Å²) >= 11 is 1.34. The first-order valence-corrected chi connectivity index (χ1v) is 12.7. The van der Waals surface area contributed by atoms with Gasteiger partial charge in [0.2, 0.25) is 5.91 Å². The maximum Gasteiger partial charge on any atom is 0.281 e. The highest BCUT2D eigenvalue weighted by Crippen LogP contribution is 2.37. The summed E-state index contributed by atoms with van der Waals surface area (Å²) in [6.07, 6.45) is 3.49. The van der Waals surface area contributed by atoms with E-state index in [1.807, 2.05) is 92.3 Å². The number of hydrogen-bond donors (Lipinski definition) is 1. The van der Waals surface area contributed by atoms with E-state index in [1.165, 1.54) is 11.8 Å². The fourth-order valence-electron chi connectivity index (χ4n) is 4.28. The maximum atomic E-state index is 13.4. The number of aliphatic imine (C=N–C) groups is 1. The Kier molecular flexibility index (Phi) is 6.98. The molecular weight excluding hydrogens is 486 g/mol. The number of carbonyl (C=O) groups is 2. The van der Waals surface area contributed by atoms with E-state index in [0.29, 0.717) is 22.4 Å². The first-order chi connectivity index (χ1) is 17.9. The molecule has 2 amide bonds. The molecule has 0 unspecified atom stereocenters. The molecule has 8 nitrogen and oxygen atoms in total. The summed E-state index contributed by atoms with van der Waals surface area (Å²) in [6.45, 7) is 2.46. The normalized spacial score (nSPS) is 16.0. The summed E-state index contributed by atoms with van der Waals surface area (Å²) in [6, 6.07) is 21.1. The van der Waals surface area contributed by atoms with Gasteiger partial charge >= 0.3 is 0 Å². The predicted octanol–water partition coefficient (Wildman–Crippen LogP) is 4.94. The highest BCUT2D eigenvalue weighted by molar-refractivity contribution is 8.18. The third-order valence-electron chi connectivity index (χ3n) is 6.06. The number of amides is 2. The number of amidine groups is 1. The highest BCUT2D eigenvalue weighted by Gasteiger charge is 2.35. The van der Waals surface area contributed by atoms with E-state index in [9.17, 15) is 9.59 Å². The first-order valence-electron chi connectivity index (χ1n) is 11.8. The summed E-state index contributed by atoms with van der Waals surface area (Å²) in [7, 11) is 3.64. The second kappa shape index (κ2) is 10.5. The molecule has 2 aromatic carbocycles. The summed E-state index contributed by atoms with van der Waals surface area (Å²) < 4.78 is 7.29. The van der Waals surface area contributed by atoms with Crippen molar-refractivity contribution in [3.05, 3.63) is 94.9 Å². The molecule has 4 aromatic rings. The van der Waals surface area contributed by atoms with Crippen LogP contribution in [0.2, 0.25) is 0 Å². The van der Waals surface area contributed by atoms with Crippen LogP contribution in [0.4, 0.5) is 5.69 Å². The molecule has 5 rings (SSSR count). The van der Waals surface area contributed by atoms with Crippen LogP contribution in [0.5, 0.6) is 0 Å². The Morgan fingerprint density at radius 3 is 2.57 bits per heavy atom. The Bertz CT molecular complexity index is 1500. The lowest BCUT2D eigenvalue weighted by atomic mass is 10.1. The van der Waals surface area contributed by atoms with Crippen LogP contribution in [0.1, 0.15) is 17.0 Å². The zero-order chi connectivity index (χ0) is 25.9. The average molecular weight is 514 g/mol. The van der Waals surface area contributed by atoms with Crippen molar-refractivity contribution < 1.29 is 14.0 Å². The quantitative estimate of drug-likeness (QED) is 0.354. The van der Waals surface area contributed by atoms with Crippen LogP contribution in [-0.4, -0.2) is 45.7 Å². The number of nitrogens with zero attached hydrogens (tertiary/aromatic N) is 4. The summed E-state index contributed by atoms with van der Waals surface area (Å²) in [4.78, 5) is 31.5. The highest BCUT2D eigenvalue weighted by atomic mass is 32.2. The molecule has 9 heteroatoms. The minimum absolute atomic E-state index is 0.123. The maximum absolute atomic E-state index is 13.4. The van der Waals surface area contributed by atoms with Crippen LogP contribution < -0.4 is 5.32 Å². The summed E-state index contributed by atoms with van der Waals surface area (Å²) in [5, 5.41) is 7.78. The van der Waals surface area contributed by atoms with Crippen LogP contribution >= 0.6 is 11.8 Å². The molecule has 0 radical (unpaired) electrons. The second-order valence-electron chi connectivity index (χ2n) is 8.76. The van der Waals surface area contributed by atoms with Crippen LogP contribution in [0, 0.1) is 6.92 Å². The largest absolute Gasteiger partial charge is 0.467 e. The molecule has 1 fully saturated rings. The van der Waals surface area contributed by atoms with Crippen molar-refractivity contribution in [1.82, 2.24) is 19.9 Å². The van der Waals surface area contributed by atoms with Crippen molar-refractivity contribution in [2.75, 3.05) is 14.1 Å². The van der Waals surface area contributed by atoms with Gasteiger partial charge in [0.1, 0.15) is 12.3 Å². The number of hydrazine groups is 1. The third kappa shape index (κ3) is 5.09. The number of para-hydroxylation sites is 2. The Morgan fingerprint density at radius 1 is 1.08 bits per heavy atom. The van der Waals surface area contributed by atoms with Crippen LogP contribution in [0.15, 0.2) is 87.3 Å². The molecule has 0 atom stereocenters. The molecule has 1 aliphatic heterocycles. The Balaban J connectivity index is 1.48. The van der Waals surface area contributed by atoms with Gasteiger partial charge in [0.15, 0.2) is 5.17 Å². The van der Waals surface area contributed by atoms with Gasteiger partial charge in [0, 0.05) is 36.3 Å². The van der Waals surface area contributed by atoms with E-state index in [-0.39, 0.29) is 18.4 Å². The second-order valence-corrected chi connectivity index (χ2v) is 9.77. The smallest absolute Gasteiger partial charge is 0.281 e. The predicted molar refractivity (Wildman–Crippen MR) is 147 cm³/mol. The molecule has 3 heterocycles. The molecule has 37 heavy (non-hydrogen) atoms. The van der Waals surface area contributed by atoms with Crippen LogP contribution in [0.25, 0.3) is 17.0 Å². The van der Waals surface area contributed by atoms with Crippen molar-refractivity contribution >= 4 is 51.4 Å². The fraction of sp³-hybridized carbons (Fsp3) is 0.179. The molecule has 1 aliphatic rings. The SMILES string of the molecule is Cc1c(C=C2SC(=Nc3ccccc3)N(N(C)C)C2=O)c2ccccc2n1CC(=O)NCc1ccco1. The van der Waals surface area contributed by atoms with E-state index in [1.54, 1.807) is 22.3 Å². The Hall–Kier alpha value is -4.08. The molecule has 0 bridgehead atoms. The van der Waals surface area contributed by atoms with Gasteiger partial charge in [-0.15, -0.1) is 0 Å². The number of fused-ring (bicyclic) bond motifs is 1. The van der Waals surface area contributed by atoms with E-state index in [2.05, 4.69) is 5.32 Å². The molecule has 0 aliphatic carbocycles. The topological polar surface area (TPSA) is 83.1 Å². The van der Waals surface area contributed by atoms with Gasteiger partial charge in [-0.25, -0.2) is 15.0 Å². The van der Waals surface area contributed by atoms with E-state index in [4.69, 9.17) is 9.41 Å². The fourth-order valence-corrected chi connectivity index (χ4v) is 5.31. The summed E-state index contributed by atoms with van der Waals surface area (Å²) in [5.74, 6) is 0.432. The number of nitrogens with one attached hydrogen (secondary N) is 1. The van der Waals surface area contributed by atoms with Gasteiger partial charge in [0.25, 0.3) is 5.91 Å². The van der Waals surface area contributed by atoms with Crippen molar-refractivity contribution in [2.24, 2.45) is 4.99 Å². The minimum atomic E-state index is -0.142. The van der Waals surface area contributed by atoms with Gasteiger partial charge in [-0.1, -0.05) is 36.4 Å². The van der Waals surface area contributed by atoms with E-state index in [0.717, 1.165) is 27.8 Å². The van der Waals surface area contributed by atoms with Crippen LogP contribution in [-0.2, 0) is 22.7 Å². The molecule has 0 saturated carbocycles. The zero-order valence-corrected chi connectivity index (χ0v) is 21.7. The monoisotopic (exact) mass is 513 g/mol. The third-order valence-corrected chi connectivity index (χ3v) is 7.02. The van der Waals surface area contributed by atoms with Gasteiger partial charge in [-0.05, 0) is 55.1 Å². The van der Waals surface area contributed by atoms with E-state index >= 15 is 0 Å². The number of hydrogen-bond acceptors (Lipinski definition) is 6. The first kappa shape index (κ1) is 24.6. The summed E-state index contributed by atoms with van der Waals surface area (Å²) in [5.41, 5.74) is 3.52. The molecule has 188 valence electrons. The van der Waals surface area contributed by atoms with Gasteiger partial charge in [0.05, 0.1) is 23.4 Å². The van der Waals surface area contributed by atoms with Crippen molar-refractivity contribution in [3.8, 4) is 0 Å². The van der Waals surface area contributed by atoms with Gasteiger partial charge in [-0.2, -0.15) is 0 Å². The van der Waals surface area contributed by atoms with Crippen LogP contribution in [0.3, 0.4) is 0 Å². The number of rotatable bonds is 7. The average Bonchev–Trinajstić information content (AvgIpc) is 3.58. The zero-order valence-electron chi connectivity index (χ0n) is 20.8.